The number of urea groups is 1. The van der Waals surface area contributed by atoms with Gasteiger partial charge in [-0.3, -0.25) is 10.1 Å². The van der Waals surface area contributed by atoms with Crippen LogP contribution in [0.15, 0.2) is 24.3 Å². The highest BCUT2D eigenvalue weighted by Gasteiger charge is 2.26. The van der Waals surface area contributed by atoms with E-state index in [-0.39, 0.29) is 11.9 Å². The van der Waals surface area contributed by atoms with E-state index in [1.54, 1.807) is 6.92 Å². The molecular formula is C16H18N4O2S. The first-order valence-electron chi connectivity index (χ1n) is 7.44. The van der Waals surface area contributed by atoms with Crippen LogP contribution < -0.4 is 16.0 Å². The van der Waals surface area contributed by atoms with Gasteiger partial charge in [-0.2, -0.15) is 0 Å². The molecule has 1 aromatic heterocycles. The van der Waals surface area contributed by atoms with Crippen molar-refractivity contribution in [3.63, 3.8) is 0 Å². The highest BCUT2D eigenvalue weighted by Crippen LogP contribution is 2.25. The fourth-order valence-electron chi connectivity index (χ4n) is 2.12. The summed E-state index contributed by atoms with van der Waals surface area (Å²) < 4.78 is 0. The monoisotopic (exact) mass is 330 g/mol. The van der Waals surface area contributed by atoms with Crippen LogP contribution in [0.3, 0.4) is 0 Å². The van der Waals surface area contributed by atoms with E-state index in [9.17, 15) is 9.59 Å². The molecule has 120 valence electrons. The van der Waals surface area contributed by atoms with Gasteiger partial charge in [-0.05, 0) is 44.4 Å². The summed E-state index contributed by atoms with van der Waals surface area (Å²) in [5, 5.41) is 8.76. The minimum atomic E-state index is -0.376. The van der Waals surface area contributed by atoms with Crippen LogP contribution in [0, 0.1) is 13.8 Å². The van der Waals surface area contributed by atoms with Gasteiger partial charge in [0.05, 0.1) is 5.69 Å². The van der Waals surface area contributed by atoms with Crippen LogP contribution in [0.4, 0.5) is 15.6 Å². The predicted octanol–water partition coefficient (Wildman–Crippen LogP) is 3.30. The van der Waals surface area contributed by atoms with Crippen molar-refractivity contribution >= 4 is 34.1 Å². The fraction of sp³-hybridized carbons (Fsp3) is 0.312. The van der Waals surface area contributed by atoms with Crippen molar-refractivity contribution in [1.82, 2.24) is 10.3 Å². The summed E-state index contributed by atoms with van der Waals surface area (Å²) in [7, 11) is 0. The first-order valence-corrected chi connectivity index (χ1v) is 8.26. The number of hydrogen-bond acceptors (Lipinski definition) is 4. The smallest absolute Gasteiger partial charge is 0.325 e. The molecule has 0 radical (unpaired) electrons. The number of anilines is 2. The second-order valence-electron chi connectivity index (χ2n) is 5.63. The molecule has 0 spiro atoms. The molecule has 3 N–H and O–H groups in total. The summed E-state index contributed by atoms with van der Waals surface area (Å²) >= 11 is 1.18. The number of amides is 3. The number of nitrogens with zero attached hydrogens (tertiary/aromatic N) is 1. The number of rotatable bonds is 4. The Hall–Kier alpha value is -2.41. The molecule has 0 unspecified atom stereocenters. The third-order valence-corrected chi connectivity index (χ3v) is 4.48. The zero-order valence-corrected chi connectivity index (χ0v) is 13.8. The van der Waals surface area contributed by atoms with Gasteiger partial charge in [-0.1, -0.05) is 23.5 Å². The molecule has 0 bridgehead atoms. The maximum Gasteiger partial charge on any atom is 0.325 e. The Morgan fingerprint density at radius 2 is 2.00 bits per heavy atom. The summed E-state index contributed by atoms with van der Waals surface area (Å²) in [6.45, 7) is 3.72. The van der Waals surface area contributed by atoms with E-state index in [0.717, 1.165) is 18.4 Å². The molecule has 0 saturated heterocycles. The largest absolute Gasteiger partial charge is 0.349 e. The molecule has 7 heteroatoms. The van der Waals surface area contributed by atoms with Crippen LogP contribution in [-0.4, -0.2) is 23.0 Å². The topological polar surface area (TPSA) is 83.1 Å². The number of benzene rings is 1. The number of thiazole rings is 1. The Bertz CT molecular complexity index is 752. The minimum Gasteiger partial charge on any atom is -0.349 e. The van der Waals surface area contributed by atoms with Crippen molar-refractivity contribution in [2.24, 2.45) is 0 Å². The maximum atomic E-state index is 12.1. The van der Waals surface area contributed by atoms with Crippen molar-refractivity contribution in [3.05, 3.63) is 40.4 Å². The highest BCUT2D eigenvalue weighted by molar-refractivity contribution is 7.17. The van der Waals surface area contributed by atoms with E-state index in [1.807, 2.05) is 31.2 Å². The summed E-state index contributed by atoms with van der Waals surface area (Å²) in [6.07, 6.45) is 2.07. The third-order valence-electron chi connectivity index (χ3n) is 3.41. The van der Waals surface area contributed by atoms with Crippen molar-refractivity contribution in [1.29, 1.82) is 0 Å². The van der Waals surface area contributed by atoms with Crippen LogP contribution in [0.1, 0.15) is 33.8 Å². The zero-order chi connectivity index (χ0) is 16.4. The first-order chi connectivity index (χ1) is 11.0. The predicted molar refractivity (Wildman–Crippen MR) is 91.2 cm³/mol. The number of nitrogens with one attached hydrogen (secondary N) is 3. The van der Waals surface area contributed by atoms with Crippen molar-refractivity contribution in [3.8, 4) is 0 Å². The van der Waals surface area contributed by atoms with Gasteiger partial charge < -0.3 is 10.6 Å². The zero-order valence-electron chi connectivity index (χ0n) is 13.0. The van der Waals surface area contributed by atoms with Gasteiger partial charge in [0, 0.05) is 11.7 Å². The standard InChI is InChI=1S/C16H18N4O2S/c1-9-4-3-5-12(8-9)19-15(22)20-16-17-10(2)13(23-16)14(21)18-11-6-7-11/h3-5,8,11H,6-7H2,1-2H3,(H,18,21)(H2,17,19,20,22). The lowest BCUT2D eigenvalue weighted by Crippen LogP contribution is -2.25. The van der Waals surface area contributed by atoms with Crippen molar-refractivity contribution in [2.75, 3.05) is 10.6 Å². The summed E-state index contributed by atoms with van der Waals surface area (Å²) in [6, 6.07) is 7.44. The van der Waals surface area contributed by atoms with Gasteiger partial charge >= 0.3 is 6.03 Å². The Labute approximate surface area is 138 Å². The maximum absolute atomic E-state index is 12.1. The molecule has 1 saturated carbocycles. The summed E-state index contributed by atoms with van der Waals surface area (Å²) in [4.78, 5) is 28.9. The first kappa shape index (κ1) is 15.5. The minimum absolute atomic E-state index is 0.116. The second kappa shape index (κ2) is 6.37. The molecule has 1 aliphatic carbocycles. The van der Waals surface area contributed by atoms with Gasteiger partial charge in [-0.15, -0.1) is 0 Å². The van der Waals surface area contributed by atoms with Crippen LogP contribution in [0.5, 0.6) is 0 Å². The number of aryl methyl sites for hydroxylation is 2. The van der Waals surface area contributed by atoms with Crippen LogP contribution in [-0.2, 0) is 0 Å². The average molecular weight is 330 g/mol. The second-order valence-corrected chi connectivity index (χ2v) is 6.63. The molecule has 6 nitrogen and oxygen atoms in total. The molecule has 2 aromatic rings. The quantitative estimate of drug-likeness (QED) is 0.804. The third kappa shape index (κ3) is 4.07. The van der Waals surface area contributed by atoms with E-state index in [1.165, 1.54) is 11.3 Å². The summed E-state index contributed by atoms with van der Waals surface area (Å²) in [5.41, 5.74) is 2.40. The van der Waals surface area contributed by atoms with E-state index in [4.69, 9.17) is 0 Å². The van der Waals surface area contributed by atoms with Crippen molar-refractivity contribution in [2.45, 2.75) is 32.7 Å². The molecule has 0 atom stereocenters. The van der Waals surface area contributed by atoms with E-state index in [2.05, 4.69) is 20.9 Å². The number of carbonyl (C=O) groups excluding carboxylic acids is 2. The van der Waals surface area contributed by atoms with Crippen LogP contribution >= 0.6 is 11.3 Å². The molecule has 1 heterocycles. The average Bonchev–Trinajstić information content (AvgIpc) is 3.20. The van der Waals surface area contributed by atoms with E-state index >= 15 is 0 Å². The Kier molecular flexibility index (Phi) is 4.29. The van der Waals surface area contributed by atoms with Gasteiger partial charge in [0.25, 0.3) is 5.91 Å². The van der Waals surface area contributed by atoms with Gasteiger partial charge in [0.1, 0.15) is 4.88 Å². The normalized spacial score (nSPS) is 13.5. The fourth-order valence-corrected chi connectivity index (χ4v) is 2.99. The lowest BCUT2D eigenvalue weighted by Gasteiger charge is -2.05. The highest BCUT2D eigenvalue weighted by atomic mass is 32.1. The molecule has 3 amide bonds. The molecule has 0 aliphatic heterocycles. The Morgan fingerprint density at radius 1 is 1.22 bits per heavy atom. The van der Waals surface area contributed by atoms with Gasteiger partial charge in [-0.25, -0.2) is 9.78 Å². The molecule has 1 fully saturated rings. The number of aromatic nitrogens is 1. The molecular weight excluding hydrogens is 312 g/mol. The molecule has 23 heavy (non-hydrogen) atoms. The van der Waals surface area contributed by atoms with E-state index < -0.39 is 0 Å². The Balaban J connectivity index is 1.63. The summed E-state index contributed by atoms with van der Waals surface area (Å²) in [5.74, 6) is -0.116. The lowest BCUT2D eigenvalue weighted by molar-refractivity contribution is 0.0954. The van der Waals surface area contributed by atoms with Gasteiger partial charge in [0.15, 0.2) is 5.13 Å². The molecule has 3 rings (SSSR count). The Morgan fingerprint density at radius 3 is 2.70 bits per heavy atom. The van der Waals surface area contributed by atoms with Crippen LogP contribution in [0.2, 0.25) is 0 Å². The van der Waals surface area contributed by atoms with E-state index in [0.29, 0.717) is 27.4 Å². The lowest BCUT2D eigenvalue weighted by atomic mass is 10.2. The van der Waals surface area contributed by atoms with Crippen LogP contribution in [0.25, 0.3) is 0 Å². The van der Waals surface area contributed by atoms with Gasteiger partial charge in [0.2, 0.25) is 0 Å². The van der Waals surface area contributed by atoms with Crippen molar-refractivity contribution < 1.29 is 9.59 Å². The number of carbonyl (C=O) groups is 2. The number of hydrogen-bond donors (Lipinski definition) is 3. The molecule has 1 aliphatic rings. The SMILES string of the molecule is Cc1cccc(NC(=O)Nc2nc(C)c(C(=O)NC3CC3)s2)c1. The molecule has 1 aromatic carbocycles.